The van der Waals surface area contributed by atoms with Gasteiger partial charge >= 0.3 is 0 Å². The van der Waals surface area contributed by atoms with E-state index < -0.39 is 0 Å². The summed E-state index contributed by atoms with van der Waals surface area (Å²) in [5.41, 5.74) is 2.19. The van der Waals surface area contributed by atoms with Gasteiger partial charge in [0.05, 0.1) is 13.2 Å². The van der Waals surface area contributed by atoms with E-state index in [9.17, 15) is 0 Å². The smallest absolute Gasteiger partial charge is 0.0722 e. The van der Waals surface area contributed by atoms with Crippen molar-refractivity contribution in [1.29, 1.82) is 0 Å². The molecule has 1 heterocycles. The van der Waals surface area contributed by atoms with Gasteiger partial charge in [-0.25, -0.2) is 0 Å². The quantitative estimate of drug-likeness (QED) is 0.635. The van der Waals surface area contributed by atoms with Crippen LogP contribution in [0.3, 0.4) is 0 Å². The normalized spacial score (nSPS) is 9.75. The topological polar surface area (TPSA) is 22.1 Å². The van der Waals surface area contributed by atoms with Crippen molar-refractivity contribution in [3.63, 3.8) is 0 Å². The second-order valence-electron chi connectivity index (χ2n) is 2.81. The maximum Gasteiger partial charge on any atom is 0.0722 e. The maximum absolute atomic E-state index is 5.35. The minimum absolute atomic E-state index is 0.627. The fourth-order valence-corrected chi connectivity index (χ4v) is 0.822. The third-order valence-electron chi connectivity index (χ3n) is 1.37. The molecule has 0 aliphatic carbocycles. The Morgan fingerprint density at radius 2 is 2.17 bits per heavy atom. The zero-order chi connectivity index (χ0) is 8.81. The summed E-state index contributed by atoms with van der Waals surface area (Å²) in [4.78, 5) is 3.92. The monoisotopic (exact) mass is 163 g/mol. The molecule has 0 amide bonds. The van der Waals surface area contributed by atoms with Crippen molar-refractivity contribution in [2.45, 2.75) is 13.5 Å². The van der Waals surface area contributed by atoms with Gasteiger partial charge in [-0.1, -0.05) is 12.2 Å². The van der Waals surface area contributed by atoms with Crippen LogP contribution in [0.15, 0.2) is 36.7 Å². The predicted octanol–water partition coefficient (Wildman–Crippen LogP) is 2.17. The third-order valence-corrected chi connectivity index (χ3v) is 1.37. The average Bonchev–Trinajstić information content (AvgIpc) is 2.05. The van der Waals surface area contributed by atoms with Gasteiger partial charge in [-0.05, 0) is 24.6 Å². The van der Waals surface area contributed by atoms with E-state index in [2.05, 4.69) is 11.6 Å². The highest BCUT2D eigenvalue weighted by molar-refractivity contribution is 5.08. The van der Waals surface area contributed by atoms with Crippen LogP contribution in [-0.2, 0) is 11.3 Å². The van der Waals surface area contributed by atoms with E-state index >= 15 is 0 Å². The lowest BCUT2D eigenvalue weighted by Gasteiger charge is -2.02. The van der Waals surface area contributed by atoms with Crippen molar-refractivity contribution in [2.24, 2.45) is 0 Å². The molecule has 0 spiro atoms. The van der Waals surface area contributed by atoms with Gasteiger partial charge in [0.2, 0.25) is 0 Å². The van der Waals surface area contributed by atoms with E-state index in [1.54, 1.807) is 12.4 Å². The summed E-state index contributed by atoms with van der Waals surface area (Å²) in [5, 5.41) is 0. The first-order chi connectivity index (χ1) is 5.79. The second-order valence-corrected chi connectivity index (χ2v) is 2.81. The van der Waals surface area contributed by atoms with E-state index in [0.29, 0.717) is 13.2 Å². The Balaban J connectivity index is 2.29. The number of hydrogen-bond donors (Lipinski definition) is 0. The lowest BCUT2D eigenvalue weighted by molar-refractivity contribution is 0.143. The summed E-state index contributed by atoms with van der Waals surface area (Å²) in [6.07, 6.45) is 3.53. The van der Waals surface area contributed by atoms with Gasteiger partial charge in [0, 0.05) is 12.4 Å². The Morgan fingerprint density at radius 3 is 2.75 bits per heavy atom. The van der Waals surface area contributed by atoms with Gasteiger partial charge in [-0.15, -0.1) is 0 Å². The van der Waals surface area contributed by atoms with E-state index in [0.717, 1.165) is 11.1 Å². The Labute approximate surface area is 72.9 Å². The molecule has 0 radical (unpaired) electrons. The molecule has 0 saturated carbocycles. The molecule has 0 aromatic carbocycles. The summed E-state index contributed by atoms with van der Waals surface area (Å²) in [5.74, 6) is 0. The molecule has 0 aliphatic rings. The third kappa shape index (κ3) is 3.30. The van der Waals surface area contributed by atoms with Crippen molar-refractivity contribution >= 4 is 0 Å². The van der Waals surface area contributed by atoms with Crippen molar-refractivity contribution in [2.75, 3.05) is 6.61 Å². The summed E-state index contributed by atoms with van der Waals surface area (Å²) in [6, 6.07) is 3.89. The molecule has 0 aliphatic heterocycles. The summed E-state index contributed by atoms with van der Waals surface area (Å²) in [7, 11) is 0. The van der Waals surface area contributed by atoms with E-state index in [4.69, 9.17) is 4.74 Å². The SMILES string of the molecule is C=C(C)COCc1ccncc1. The minimum atomic E-state index is 0.627. The second kappa shape index (κ2) is 4.67. The summed E-state index contributed by atoms with van der Waals surface area (Å²) in [6.45, 7) is 6.96. The number of pyridine rings is 1. The molecule has 1 aromatic heterocycles. The molecule has 1 aromatic rings. The van der Waals surface area contributed by atoms with Gasteiger partial charge in [0.25, 0.3) is 0 Å². The Bertz CT molecular complexity index is 243. The zero-order valence-electron chi connectivity index (χ0n) is 7.29. The van der Waals surface area contributed by atoms with Crippen LogP contribution in [0.2, 0.25) is 0 Å². The van der Waals surface area contributed by atoms with Gasteiger partial charge in [0.15, 0.2) is 0 Å². The zero-order valence-corrected chi connectivity index (χ0v) is 7.29. The molecular formula is C10H13NO. The highest BCUT2D eigenvalue weighted by atomic mass is 16.5. The molecule has 0 fully saturated rings. The van der Waals surface area contributed by atoms with Gasteiger partial charge in [-0.3, -0.25) is 4.98 Å². The lowest BCUT2D eigenvalue weighted by Crippen LogP contribution is -1.95. The standard InChI is InChI=1S/C10H13NO/c1-9(2)7-12-8-10-3-5-11-6-4-10/h3-6H,1,7-8H2,2H3. The van der Waals surface area contributed by atoms with Crippen LogP contribution in [0.1, 0.15) is 12.5 Å². The van der Waals surface area contributed by atoms with Crippen LogP contribution in [0.5, 0.6) is 0 Å². The molecule has 12 heavy (non-hydrogen) atoms. The van der Waals surface area contributed by atoms with E-state index in [1.165, 1.54) is 0 Å². The molecule has 0 bridgehead atoms. The van der Waals surface area contributed by atoms with Crippen molar-refractivity contribution in [3.8, 4) is 0 Å². The Morgan fingerprint density at radius 1 is 1.50 bits per heavy atom. The molecule has 2 nitrogen and oxygen atoms in total. The number of aromatic nitrogens is 1. The fraction of sp³-hybridized carbons (Fsp3) is 0.300. The van der Waals surface area contributed by atoms with Gasteiger partial charge in [0.1, 0.15) is 0 Å². The minimum Gasteiger partial charge on any atom is -0.372 e. The lowest BCUT2D eigenvalue weighted by atomic mass is 10.3. The molecule has 2 heteroatoms. The largest absolute Gasteiger partial charge is 0.372 e. The average molecular weight is 163 g/mol. The van der Waals surface area contributed by atoms with Crippen LogP contribution in [0.25, 0.3) is 0 Å². The van der Waals surface area contributed by atoms with Crippen LogP contribution in [0, 0.1) is 0 Å². The maximum atomic E-state index is 5.35. The molecule has 64 valence electrons. The van der Waals surface area contributed by atoms with Crippen LogP contribution < -0.4 is 0 Å². The number of rotatable bonds is 4. The number of ether oxygens (including phenoxy) is 1. The molecule has 0 N–H and O–H groups in total. The van der Waals surface area contributed by atoms with Gasteiger partial charge < -0.3 is 4.74 Å². The highest BCUT2D eigenvalue weighted by Crippen LogP contribution is 1.99. The molecule has 0 unspecified atom stereocenters. The van der Waals surface area contributed by atoms with Gasteiger partial charge in [-0.2, -0.15) is 0 Å². The molecule has 0 atom stereocenters. The predicted molar refractivity (Wildman–Crippen MR) is 48.7 cm³/mol. The van der Waals surface area contributed by atoms with Crippen molar-refractivity contribution in [1.82, 2.24) is 4.98 Å². The highest BCUT2D eigenvalue weighted by Gasteiger charge is 1.91. The first-order valence-electron chi connectivity index (χ1n) is 3.90. The van der Waals surface area contributed by atoms with Crippen LogP contribution in [-0.4, -0.2) is 11.6 Å². The number of nitrogens with zero attached hydrogens (tertiary/aromatic N) is 1. The first kappa shape index (κ1) is 8.94. The molecular weight excluding hydrogens is 150 g/mol. The molecule has 1 rings (SSSR count). The van der Waals surface area contributed by atoms with E-state index in [1.807, 2.05) is 19.1 Å². The summed E-state index contributed by atoms with van der Waals surface area (Å²) >= 11 is 0. The van der Waals surface area contributed by atoms with Crippen molar-refractivity contribution < 1.29 is 4.74 Å². The first-order valence-corrected chi connectivity index (χ1v) is 3.90. The van der Waals surface area contributed by atoms with Crippen LogP contribution >= 0.6 is 0 Å². The molecule has 0 saturated heterocycles. The number of hydrogen-bond acceptors (Lipinski definition) is 2. The summed E-state index contributed by atoms with van der Waals surface area (Å²) < 4.78 is 5.35. The fourth-order valence-electron chi connectivity index (χ4n) is 0.822. The van der Waals surface area contributed by atoms with E-state index in [-0.39, 0.29) is 0 Å². The Kier molecular flexibility index (Phi) is 3.48. The Hall–Kier alpha value is -1.15. The van der Waals surface area contributed by atoms with Crippen molar-refractivity contribution in [3.05, 3.63) is 42.2 Å². The van der Waals surface area contributed by atoms with Crippen LogP contribution in [0.4, 0.5) is 0 Å².